The first-order valence-electron chi connectivity index (χ1n) is 22.9. The van der Waals surface area contributed by atoms with Crippen molar-refractivity contribution in [2.45, 2.75) is 63.3 Å². The van der Waals surface area contributed by atoms with Crippen LogP contribution in [0.15, 0.2) is 105 Å². The minimum Gasteiger partial charge on any atom is -0.496 e. The summed E-state index contributed by atoms with van der Waals surface area (Å²) in [6, 6.07) is 10.5. The second-order valence-electron chi connectivity index (χ2n) is 17.1. The highest BCUT2D eigenvalue weighted by molar-refractivity contribution is 8.01. The van der Waals surface area contributed by atoms with Crippen molar-refractivity contribution < 1.29 is 38.2 Å². The number of pyridine rings is 1. The molecule has 1 aliphatic carbocycles. The van der Waals surface area contributed by atoms with Gasteiger partial charge in [-0.25, -0.2) is 9.97 Å². The molecule has 370 valence electrons. The molecule has 1 saturated carbocycles. The van der Waals surface area contributed by atoms with Gasteiger partial charge in [-0.2, -0.15) is 0 Å². The van der Waals surface area contributed by atoms with Gasteiger partial charge in [-0.05, 0) is 98.7 Å². The summed E-state index contributed by atoms with van der Waals surface area (Å²) in [6.45, 7) is 14.0. The molecule has 0 spiro atoms. The Morgan fingerprint density at radius 2 is 1.31 bits per heavy atom. The standard InChI is InChI=1S/C50H53N9O8S4/c1-7-41(60)56-16-18-57(19-17-56)47(64)36-25-40(69-44-27-53-49(71-44)54-45(62)31-10-12-51-13-11-31)34(23-38(36)67-6)32-21-33(22-32)46(63)55-50-52-26-43(70-50)68-39-24-35(37(66-5)20-29(39)3)48(65)58-14-9-15-59(30(4)28-58)42(61)8-2/h7-8,10-13,20,23-27,30,32-33H,1-2,9,14-19,21-22,28H2,3-6H3,(H,52,55,63)(H,53,54,62)/t30-,32?,33?/m1/s1. The highest BCUT2D eigenvalue weighted by Gasteiger charge is 2.38. The lowest BCUT2D eigenvalue weighted by atomic mass is 9.71. The van der Waals surface area contributed by atoms with Crippen LogP contribution in [-0.4, -0.2) is 136 Å². The van der Waals surface area contributed by atoms with E-state index in [1.54, 1.807) is 63.6 Å². The van der Waals surface area contributed by atoms with Crippen LogP contribution in [0.4, 0.5) is 10.3 Å². The Bertz CT molecular complexity index is 2860. The van der Waals surface area contributed by atoms with Crippen LogP contribution in [0.3, 0.4) is 0 Å². The molecule has 5 heterocycles. The van der Waals surface area contributed by atoms with Gasteiger partial charge in [-0.1, -0.05) is 59.4 Å². The molecule has 0 unspecified atom stereocenters. The van der Waals surface area contributed by atoms with E-state index in [9.17, 15) is 28.8 Å². The minimum atomic E-state index is -0.316. The number of piperazine rings is 1. The van der Waals surface area contributed by atoms with Crippen LogP contribution >= 0.6 is 46.2 Å². The number of carbonyl (C=O) groups excluding carboxylic acids is 6. The number of anilines is 2. The maximum Gasteiger partial charge on any atom is 0.257 e. The van der Waals surface area contributed by atoms with Gasteiger partial charge in [0.2, 0.25) is 17.7 Å². The van der Waals surface area contributed by atoms with E-state index in [4.69, 9.17) is 9.47 Å². The van der Waals surface area contributed by atoms with Crippen molar-refractivity contribution in [3.63, 3.8) is 0 Å². The van der Waals surface area contributed by atoms with Gasteiger partial charge in [0.05, 0.1) is 46.2 Å². The van der Waals surface area contributed by atoms with Crippen LogP contribution in [-0.2, 0) is 14.4 Å². The normalized spacial score (nSPS) is 17.9. The lowest BCUT2D eigenvalue weighted by Crippen LogP contribution is -2.50. The Morgan fingerprint density at radius 1 is 0.732 bits per heavy atom. The van der Waals surface area contributed by atoms with E-state index in [0.717, 1.165) is 29.3 Å². The van der Waals surface area contributed by atoms with Crippen molar-refractivity contribution in [3.05, 3.63) is 114 Å². The summed E-state index contributed by atoms with van der Waals surface area (Å²) >= 11 is 5.51. The summed E-state index contributed by atoms with van der Waals surface area (Å²) in [6.07, 6.45) is 10.8. The van der Waals surface area contributed by atoms with Gasteiger partial charge in [-0.3, -0.25) is 39.1 Å². The zero-order valence-electron chi connectivity index (χ0n) is 39.7. The van der Waals surface area contributed by atoms with Crippen molar-refractivity contribution in [2.24, 2.45) is 5.92 Å². The number of carbonyl (C=O) groups is 6. The molecule has 5 aromatic rings. The minimum absolute atomic E-state index is 0.0398. The van der Waals surface area contributed by atoms with E-state index in [0.29, 0.717) is 104 Å². The summed E-state index contributed by atoms with van der Waals surface area (Å²) in [5.74, 6) is -0.680. The molecular formula is C50H53N9O8S4. The number of thiazole rings is 2. The lowest BCUT2D eigenvalue weighted by molar-refractivity contribution is -0.128. The highest BCUT2D eigenvalue weighted by atomic mass is 32.2. The molecule has 1 atom stereocenters. The Balaban J connectivity index is 0.951. The fraction of sp³-hybridized carbons (Fsp3) is 0.340. The number of nitrogens with one attached hydrogen (secondary N) is 2. The molecule has 17 nitrogen and oxygen atoms in total. The monoisotopic (exact) mass is 1040 g/mol. The second kappa shape index (κ2) is 22.7. The molecule has 2 saturated heterocycles. The number of amides is 6. The lowest BCUT2D eigenvalue weighted by Gasteiger charge is -2.36. The van der Waals surface area contributed by atoms with E-state index in [2.05, 4.69) is 38.7 Å². The summed E-state index contributed by atoms with van der Waals surface area (Å²) in [7, 11) is 3.06. The molecule has 8 rings (SSSR count). The first-order chi connectivity index (χ1) is 34.3. The molecule has 3 fully saturated rings. The van der Waals surface area contributed by atoms with Crippen LogP contribution in [0.2, 0.25) is 0 Å². The summed E-state index contributed by atoms with van der Waals surface area (Å²) in [5, 5.41) is 6.73. The Hall–Kier alpha value is -6.55. The third-order valence-corrected chi connectivity index (χ3v) is 16.9. The molecule has 2 aromatic carbocycles. The van der Waals surface area contributed by atoms with Gasteiger partial charge < -0.3 is 34.4 Å². The SMILES string of the molecule is C=CC(=O)N1CCN(C(=O)c2cc(Sc3cnc(NC(=O)c4ccncc4)s3)c(C3CC(C(=O)Nc4ncc(Sc5cc(C(=O)N6CCCN(C(=O)C=C)[C@H](C)C6)c(OC)cc5C)s4)C3)cc2OC)CC1. The van der Waals surface area contributed by atoms with E-state index >= 15 is 0 Å². The van der Waals surface area contributed by atoms with Gasteiger partial charge in [0, 0.05) is 85.5 Å². The van der Waals surface area contributed by atoms with Gasteiger partial charge in [0.25, 0.3) is 17.7 Å². The number of aromatic nitrogens is 3. The van der Waals surface area contributed by atoms with Crippen molar-refractivity contribution in [1.82, 2.24) is 34.6 Å². The van der Waals surface area contributed by atoms with Crippen molar-refractivity contribution in [3.8, 4) is 11.5 Å². The third-order valence-electron chi connectivity index (χ3n) is 12.7. The van der Waals surface area contributed by atoms with Crippen molar-refractivity contribution in [1.29, 1.82) is 0 Å². The van der Waals surface area contributed by atoms with E-state index in [1.165, 1.54) is 65.5 Å². The number of hydrogen-bond donors (Lipinski definition) is 2. The molecule has 71 heavy (non-hydrogen) atoms. The number of methoxy groups -OCH3 is 2. The predicted molar refractivity (Wildman–Crippen MR) is 274 cm³/mol. The number of hydrogen-bond acceptors (Lipinski definition) is 15. The molecule has 0 radical (unpaired) electrons. The van der Waals surface area contributed by atoms with Crippen LogP contribution < -0.4 is 20.1 Å². The van der Waals surface area contributed by atoms with Crippen LogP contribution in [0.25, 0.3) is 0 Å². The number of nitrogens with zero attached hydrogens (tertiary/aromatic N) is 7. The van der Waals surface area contributed by atoms with E-state index < -0.39 is 0 Å². The average molecular weight is 1040 g/mol. The number of benzene rings is 2. The predicted octanol–water partition coefficient (Wildman–Crippen LogP) is 7.73. The topological polar surface area (TPSA) is 197 Å². The molecule has 2 N–H and O–H groups in total. The van der Waals surface area contributed by atoms with Gasteiger partial charge in [0.15, 0.2) is 10.3 Å². The average Bonchev–Trinajstić information content (AvgIpc) is 3.96. The molecule has 0 bridgehead atoms. The number of aryl methyl sites for hydroxylation is 1. The largest absolute Gasteiger partial charge is 0.496 e. The fourth-order valence-electron chi connectivity index (χ4n) is 8.73. The van der Waals surface area contributed by atoms with Crippen molar-refractivity contribution >= 4 is 91.9 Å². The molecule has 21 heteroatoms. The van der Waals surface area contributed by atoms with E-state index in [1.807, 2.05) is 38.1 Å². The molecule has 3 aliphatic rings. The van der Waals surface area contributed by atoms with Crippen molar-refractivity contribution in [2.75, 3.05) is 70.7 Å². The van der Waals surface area contributed by atoms with Crippen LogP contribution in [0.5, 0.6) is 11.5 Å². The first kappa shape index (κ1) is 50.8. The molecule has 3 aromatic heterocycles. The third kappa shape index (κ3) is 11.6. The maximum atomic E-state index is 14.1. The summed E-state index contributed by atoms with van der Waals surface area (Å²) in [4.78, 5) is 101. The Labute approximate surface area is 428 Å². The molecule has 6 amide bonds. The summed E-state index contributed by atoms with van der Waals surface area (Å²) in [5.41, 5.74) is 3.07. The zero-order valence-corrected chi connectivity index (χ0v) is 42.9. The summed E-state index contributed by atoms with van der Waals surface area (Å²) < 4.78 is 13.1. The smallest absolute Gasteiger partial charge is 0.257 e. The first-order valence-corrected chi connectivity index (χ1v) is 26.2. The zero-order chi connectivity index (χ0) is 50.3. The molecule has 2 aliphatic heterocycles. The van der Waals surface area contributed by atoms with Gasteiger partial charge >= 0.3 is 0 Å². The fourth-order valence-corrected chi connectivity index (χ4v) is 12.7. The van der Waals surface area contributed by atoms with Gasteiger partial charge in [-0.15, -0.1) is 0 Å². The number of ether oxygens (including phenoxy) is 2. The number of rotatable bonds is 15. The second-order valence-corrected chi connectivity index (χ2v) is 21.9. The Morgan fingerprint density at radius 3 is 1.94 bits per heavy atom. The maximum absolute atomic E-state index is 14.1. The highest BCUT2D eigenvalue weighted by Crippen LogP contribution is 2.49. The van der Waals surface area contributed by atoms with Crippen LogP contribution in [0.1, 0.15) is 74.3 Å². The molecular weight excluding hydrogens is 983 g/mol. The van der Waals surface area contributed by atoms with Gasteiger partial charge in [0.1, 0.15) is 11.5 Å². The Kier molecular flexibility index (Phi) is 16.2. The van der Waals surface area contributed by atoms with Crippen LogP contribution in [0, 0.1) is 12.8 Å². The quantitative estimate of drug-likeness (QED) is 0.0968. The van der Waals surface area contributed by atoms with E-state index in [-0.39, 0.29) is 53.3 Å².